The molecule has 1 N–H and O–H groups in total. The first-order chi connectivity index (χ1) is 15.5. The van der Waals surface area contributed by atoms with E-state index in [-0.39, 0.29) is 36.8 Å². The lowest BCUT2D eigenvalue weighted by molar-refractivity contribution is -0.143. The van der Waals surface area contributed by atoms with Crippen molar-refractivity contribution >= 4 is 11.8 Å². The fraction of sp³-hybridized carbons (Fsp3) is 0.440. The summed E-state index contributed by atoms with van der Waals surface area (Å²) in [6.45, 7) is 1.93. The number of nitrogens with one attached hydrogen (secondary N) is 1. The lowest BCUT2D eigenvalue weighted by Gasteiger charge is -2.31. The van der Waals surface area contributed by atoms with E-state index in [4.69, 9.17) is 9.47 Å². The molecule has 7 heteroatoms. The van der Waals surface area contributed by atoms with Gasteiger partial charge in [0.15, 0.2) is 6.61 Å². The minimum Gasteiger partial charge on any atom is -0.497 e. The van der Waals surface area contributed by atoms with Crippen molar-refractivity contribution in [1.82, 2.24) is 10.2 Å². The van der Waals surface area contributed by atoms with Crippen molar-refractivity contribution in [2.45, 2.75) is 57.7 Å². The van der Waals surface area contributed by atoms with E-state index in [1.165, 1.54) is 24.3 Å². The first kappa shape index (κ1) is 23.6. The predicted octanol–water partition coefficient (Wildman–Crippen LogP) is 4.08. The third kappa shape index (κ3) is 6.45. The van der Waals surface area contributed by atoms with E-state index < -0.39 is 6.04 Å². The molecule has 1 saturated carbocycles. The van der Waals surface area contributed by atoms with Gasteiger partial charge in [0.05, 0.1) is 7.11 Å². The van der Waals surface area contributed by atoms with Gasteiger partial charge in [-0.2, -0.15) is 0 Å². The number of ether oxygens (including phenoxy) is 2. The van der Waals surface area contributed by atoms with Gasteiger partial charge >= 0.3 is 0 Å². The van der Waals surface area contributed by atoms with Crippen LogP contribution in [0.2, 0.25) is 0 Å². The molecule has 0 aliphatic heterocycles. The van der Waals surface area contributed by atoms with Gasteiger partial charge in [-0.1, -0.05) is 31.9 Å². The second-order valence-corrected chi connectivity index (χ2v) is 8.03. The Balaban J connectivity index is 1.74. The predicted molar refractivity (Wildman–Crippen MR) is 120 cm³/mol. The first-order valence-electron chi connectivity index (χ1n) is 11.1. The summed E-state index contributed by atoms with van der Waals surface area (Å²) in [5.41, 5.74) is 0.882. The molecule has 0 aromatic heterocycles. The molecule has 6 nitrogen and oxygen atoms in total. The average Bonchev–Trinajstić information content (AvgIpc) is 3.31. The molecular weight excluding hydrogens is 411 g/mol. The summed E-state index contributed by atoms with van der Waals surface area (Å²) in [6, 6.07) is 12.5. The standard InChI is InChI=1S/C25H31FN2O4/c1-3-23(25(30)27-20-6-4-5-7-20)28(16-18-8-12-21(31-2)13-9-18)24(29)17-32-22-14-10-19(26)11-15-22/h8-15,20,23H,3-7,16-17H2,1-2H3,(H,27,30). The van der Waals surface area contributed by atoms with Crippen LogP contribution >= 0.6 is 0 Å². The number of methoxy groups -OCH3 is 1. The Morgan fingerprint density at radius 1 is 1.06 bits per heavy atom. The molecule has 2 amide bonds. The molecule has 0 spiro atoms. The molecule has 1 unspecified atom stereocenters. The molecular formula is C25H31FN2O4. The van der Waals surface area contributed by atoms with E-state index in [1.54, 1.807) is 12.0 Å². The lowest BCUT2D eigenvalue weighted by atomic mass is 10.1. The third-order valence-electron chi connectivity index (χ3n) is 5.78. The van der Waals surface area contributed by atoms with Gasteiger partial charge in [0.1, 0.15) is 23.4 Å². The summed E-state index contributed by atoms with van der Waals surface area (Å²) < 4.78 is 23.9. The van der Waals surface area contributed by atoms with Crippen LogP contribution in [0.1, 0.15) is 44.6 Å². The number of benzene rings is 2. The summed E-state index contributed by atoms with van der Waals surface area (Å²) >= 11 is 0. The van der Waals surface area contributed by atoms with Crippen LogP contribution in [0.3, 0.4) is 0 Å². The number of nitrogens with zero attached hydrogens (tertiary/aromatic N) is 1. The van der Waals surface area contributed by atoms with E-state index in [2.05, 4.69) is 5.32 Å². The van der Waals surface area contributed by atoms with Crippen molar-refractivity contribution in [3.8, 4) is 11.5 Å². The highest BCUT2D eigenvalue weighted by Crippen LogP contribution is 2.20. The van der Waals surface area contributed by atoms with Crippen molar-refractivity contribution in [2.75, 3.05) is 13.7 Å². The van der Waals surface area contributed by atoms with Gasteiger partial charge < -0.3 is 19.7 Å². The van der Waals surface area contributed by atoms with Gasteiger partial charge in [-0.25, -0.2) is 4.39 Å². The highest BCUT2D eigenvalue weighted by molar-refractivity contribution is 5.88. The number of halogens is 1. The summed E-state index contributed by atoms with van der Waals surface area (Å²) in [6.07, 6.45) is 4.66. The van der Waals surface area contributed by atoms with Crippen LogP contribution in [0.4, 0.5) is 4.39 Å². The van der Waals surface area contributed by atoms with Crippen molar-refractivity contribution in [3.63, 3.8) is 0 Å². The molecule has 0 bridgehead atoms. The largest absolute Gasteiger partial charge is 0.497 e. The topological polar surface area (TPSA) is 67.9 Å². The Bertz CT molecular complexity index is 880. The minimum absolute atomic E-state index is 0.136. The van der Waals surface area contributed by atoms with E-state index in [0.717, 1.165) is 37.0 Å². The number of hydrogen-bond donors (Lipinski definition) is 1. The second-order valence-electron chi connectivity index (χ2n) is 8.03. The summed E-state index contributed by atoms with van der Waals surface area (Å²) in [5.74, 6) is 0.297. The van der Waals surface area contributed by atoms with Crippen LogP contribution in [0, 0.1) is 5.82 Å². The van der Waals surface area contributed by atoms with E-state index in [0.29, 0.717) is 12.2 Å². The number of amides is 2. The van der Waals surface area contributed by atoms with Gasteiger partial charge in [0.2, 0.25) is 5.91 Å². The average molecular weight is 443 g/mol. The molecule has 2 aromatic carbocycles. The molecule has 172 valence electrons. The number of carbonyl (C=O) groups is 2. The Kier molecular flexibility index (Phi) is 8.48. The molecule has 1 aliphatic carbocycles. The summed E-state index contributed by atoms with van der Waals surface area (Å²) in [5, 5.41) is 3.11. The maximum Gasteiger partial charge on any atom is 0.261 e. The van der Waals surface area contributed by atoms with Crippen molar-refractivity contribution in [1.29, 1.82) is 0 Å². The summed E-state index contributed by atoms with van der Waals surface area (Å²) in [7, 11) is 1.60. The highest BCUT2D eigenvalue weighted by Gasteiger charge is 2.30. The summed E-state index contributed by atoms with van der Waals surface area (Å²) in [4.78, 5) is 27.8. The van der Waals surface area contributed by atoms with E-state index in [9.17, 15) is 14.0 Å². The quantitative estimate of drug-likeness (QED) is 0.602. The van der Waals surface area contributed by atoms with Gasteiger partial charge in [0, 0.05) is 12.6 Å². The minimum atomic E-state index is -0.609. The Morgan fingerprint density at radius 2 is 1.69 bits per heavy atom. The van der Waals surface area contributed by atoms with Crippen LogP contribution in [0.5, 0.6) is 11.5 Å². The zero-order valence-electron chi connectivity index (χ0n) is 18.7. The van der Waals surface area contributed by atoms with Gasteiger partial charge in [0.25, 0.3) is 5.91 Å². The van der Waals surface area contributed by atoms with Crippen molar-refractivity contribution in [3.05, 3.63) is 59.9 Å². The third-order valence-corrected chi connectivity index (χ3v) is 5.78. The SMILES string of the molecule is CCC(C(=O)NC1CCCC1)N(Cc1ccc(OC)cc1)C(=O)COc1ccc(F)cc1. The van der Waals surface area contributed by atoms with Crippen LogP contribution in [-0.2, 0) is 16.1 Å². The van der Waals surface area contributed by atoms with Gasteiger partial charge in [-0.15, -0.1) is 0 Å². The van der Waals surface area contributed by atoms with E-state index >= 15 is 0 Å². The molecule has 0 heterocycles. The lowest BCUT2D eigenvalue weighted by Crippen LogP contribution is -2.52. The van der Waals surface area contributed by atoms with Crippen LogP contribution in [-0.4, -0.2) is 42.5 Å². The monoisotopic (exact) mass is 442 g/mol. The highest BCUT2D eigenvalue weighted by atomic mass is 19.1. The molecule has 2 aromatic rings. The van der Waals surface area contributed by atoms with E-state index in [1.807, 2.05) is 31.2 Å². The maximum absolute atomic E-state index is 13.2. The van der Waals surface area contributed by atoms with Gasteiger partial charge in [-0.3, -0.25) is 9.59 Å². The Hall–Kier alpha value is -3.09. The van der Waals surface area contributed by atoms with Crippen molar-refractivity contribution in [2.24, 2.45) is 0 Å². The molecule has 0 saturated heterocycles. The fourth-order valence-electron chi connectivity index (χ4n) is 3.97. The Labute approximate surface area is 188 Å². The van der Waals surface area contributed by atoms with Crippen molar-refractivity contribution < 1.29 is 23.5 Å². The van der Waals surface area contributed by atoms with Crippen LogP contribution in [0.15, 0.2) is 48.5 Å². The fourth-order valence-corrected chi connectivity index (χ4v) is 3.97. The number of hydrogen-bond acceptors (Lipinski definition) is 4. The van der Waals surface area contributed by atoms with Crippen LogP contribution in [0.25, 0.3) is 0 Å². The first-order valence-corrected chi connectivity index (χ1v) is 11.1. The zero-order valence-corrected chi connectivity index (χ0v) is 18.7. The second kappa shape index (κ2) is 11.5. The van der Waals surface area contributed by atoms with Gasteiger partial charge in [-0.05, 0) is 61.2 Å². The molecule has 1 fully saturated rings. The number of rotatable bonds is 10. The normalized spacial score (nSPS) is 14.6. The molecule has 1 aliphatic rings. The molecule has 32 heavy (non-hydrogen) atoms. The maximum atomic E-state index is 13.2. The smallest absolute Gasteiger partial charge is 0.261 e. The molecule has 0 radical (unpaired) electrons. The Morgan fingerprint density at radius 3 is 2.28 bits per heavy atom. The number of carbonyl (C=O) groups excluding carboxylic acids is 2. The molecule has 1 atom stereocenters. The zero-order chi connectivity index (χ0) is 22.9. The molecule has 3 rings (SSSR count). The van der Waals surface area contributed by atoms with Crippen LogP contribution < -0.4 is 14.8 Å².